The molecular weight excluding hydrogens is 376 g/mol. The topological polar surface area (TPSA) is 88.5 Å². The molecule has 3 rings (SSSR count). The molecule has 1 amide bonds. The Morgan fingerprint density at radius 2 is 1.96 bits per heavy atom. The molecule has 1 heterocycles. The predicted molar refractivity (Wildman–Crippen MR) is 108 cm³/mol. The fraction of sp³-hybridized carbons (Fsp3) is 0.190. The number of rotatable bonds is 8. The summed E-state index contributed by atoms with van der Waals surface area (Å²) >= 11 is 1.43. The van der Waals surface area contributed by atoms with Crippen molar-refractivity contribution in [2.24, 2.45) is 0 Å². The quantitative estimate of drug-likeness (QED) is 0.611. The normalized spacial score (nSPS) is 11.6. The van der Waals surface area contributed by atoms with Gasteiger partial charge in [-0.3, -0.25) is 4.79 Å². The maximum absolute atomic E-state index is 12.3. The Bertz CT molecular complexity index is 956. The summed E-state index contributed by atoms with van der Waals surface area (Å²) in [6.07, 6.45) is 0.257. The van der Waals surface area contributed by atoms with Crippen molar-refractivity contribution in [3.63, 3.8) is 0 Å². The van der Waals surface area contributed by atoms with Gasteiger partial charge in [-0.15, -0.1) is 11.3 Å². The van der Waals surface area contributed by atoms with E-state index in [1.807, 2.05) is 54.6 Å². The largest absolute Gasteiger partial charge is 0.497 e. The number of carbonyl (C=O) groups excluding carboxylic acids is 1. The number of methoxy groups -OCH3 is 1. The van der Waals surface area contributed by atoms with E-state index in [-0.39, 0.29) is 18.7 Å². The fourth-order valence-electron chi connectivity index (χ4n) is 2.74. The van der Waals surface area contributed by atoms with Crippen molar-refractivity contribution in [1.82, 2.24) is 10.3 Å². The predicted octanol–water partition coefficient (Wildman–Crippen LogP) is 3.17. The van der Waals surface area contributed by atoms with Crippen LogP contribution in [0.2, 0.25) is 0 Å². The van der Waals surface area contributed by atoms with Crippen molar-refractivity contribution in [1.29, 1.82) is 0 Å². The summed E-state index contributed by atoms with van der Waals surface area (Å²) in [7, 11) is 1.60. The number of carboxylic acids is 1. The van der Waals surface area contributed by atoms with E-state index in [9.17, 15) is 14.7 Å². The van der Waals surface area contributed by atoms with Gasteiger partial charge in [-0.1, -0.05) is 42.5 Å². The van der Waals surface area contributed by atoms with Crippen LogP contribution < -0.4 is 10.1 Å². The first-order valence-electron chi connectivity index (χ1n) is 8.70. The van der Waals surface area contributed by atoms with Crippen LogP contribution in [0.5, 0.6) is 5.75 Å². The van der Waals surface area contributed by atoms with E-state index >= 15 is 0 Å². The first kappa shape index (κ1) is 19.6. The van der Waals surface area contributed by atoms with Crippen LogP contribution in [0.1, 0.15) is 11.3 Å². The van der Waals surface area contributed by atoms with E-state index in [0.29, 0.717) is 5.69 Å². The first-order chi connectivity index (χ1) is 13.5. The minimum absolute atomic E-state index is 0.0268. The van der Waals surface area contributed by atoms with Gasteiger partial charge in [0.05, 0.1) is 19.2 Å². The third kappa shape index (κ3) is 5.17. The maximum atomic E-state index is 12.3. The van der Waals surface area contributed by atoms with Gasteiger partial charge in [0.15, 0.2) is 0 Å². The lowest BCUT2D eigenvalue weighted by Crippen LogP contribution is -2.43. The number of ether oxygens (including phenoxy) is 1. The summed E-state index contributed by atoms with van der Waals surface area (Å²) in [4.78, 5) is 28.3. The molecular formula is C21H20N2O4S. The van der Waals surface area contributed by atoms with Gasteiger partial charge < -0.3 is 15.2 Å². The van der Waals surface area contributed by atoms with Gasteiger partial charge in [0.2, 0.25) is 5.91 Å². The van der Waals surface area contributed by atoms with Crippen LogP contribution in [0.3, 0.4) is 0 Å². The maximum Gasteiger partial charge on any atom is 0.326 e. The second kappa shape index (κ2) is 9.14. The number of nitrogens with one attached hydrogen (secondary N) is 1. The van der Waals surface area contributed by atoms with Gasteiger partial charge in [0, 0.05) is 17.4 Å². The van der Waals surface area contributed by atoms with Crippen LogP contribution in [0, 0.1) is 0 Å². The second-order valence-corrected chi connectivity index (χ2v) is 7.06. The summed E-state index contributed by atoms with van der Waals surface area (Å²) in [5.41, 5.74) is 2.36. The summed E-state index contributed by atoms with van der Waals surface area (Å²) in [6.45, 7) is 0. The number of hydrogen-bond acceptors (Lipinski definition) is 5. The van der Waals surface area contributed by atoms with Crippen LogP contribution in [0.4, 0.5) is 0 Å². The van der Waals surface area contributed by atoms with Crippen LogP contribution in [-0.4, -0.2) is 35.1 Å². The Labute approximate surface area is 166 Å². The molecule has 0 aliphatic heterocycles. The Morgan fingerprint density at radius 3 is 2.68 bits per heavy atom. The van der Waals surface area contributed by atoms with Crippen LogP contribution >= 0.6 is 11.3 Å². The summed E-state index contributed by atoms with van der Waals surface area (Å²) in [5, 5.41) is 14.6. The van der Waals surface area contributed by atoms with Crippen molar-refractivity contribution in [2.45, 2.75) is 18.9 Å². The third-order valence-electron chi connectivity index (χ3n) is 4.13. The molecule has 6 nitrogen and oxygen atoms in total. The number of carbonyl (C=O) groups is 2. The lowest BCUT2D eigenvalue weighted by atomic mass is 10.1. The molecule has 0 radical (unpaired) electrons. The summed E-state index contributed by atoms with van der Waals surface area (Å²) in [6, 6.07) is 15.8. The molecule has 1 atom stereocenters. The van der Waals surface area contributed by atoms with Gasteiger partial charge >= 0.3 is 5.97 Å². The fourth-order valence-corrected chi connectivity index (χ4v) is 3.55. The van der Waals surface area contributed by atoms with Crippen molar-refractivity contribution in [3.05, 3.63) is 71.2 Å². The molecule has 3 aromatic rings. The summed E-state index contributed by atoms with van der Waals surface area (Å²) < 4.78 is 5.22. The van der Waals surface area contributed by atoms with Gasteiger partial charge in [-0.05, 0) is 17.7 Å². The second-order valence-electron chi connectivity index (χ2n) is 6.20. The highest BCUT2D eigenvalue weighted by Gasteiger charge is 2.21. The monoisotopic (exact) mass is 396 g/mol. The SMILES string of the molecule is COc1cccc(-c2nc(CC(=O)N[C@@H](Cc3ccccc3)C(=O)O)cs2)c1. The van der Waals surface area contributed by atoms with E-state index in [4.69, 9.17) is 4.74 Å². The number of hydrogen-bond donors (Lipinski definition) is 2. The van der Waals surface area contributed by atoms with E-state index in [2.05, 4.69) is 10.3 Å². The molecule has 0 fully saturated rings. The number of thiazole rings is 1. The molecule has 0 saturated heterocycles. The van der Waals surface area contributed by atoms with Crippen molar-refractivity contribution < 1.29 is 19.4 Å². The van der Waals surface area contributed by atoms with Gasteiger partial charge in [-0.2, -0.15) is 0 Å². The third-order valence-corrected chi connectivity index (χ3v) is 5.07. The van der Waals surface area contributed by atoms with Crippen molar-refractivity contribution in [3.8, 4) is 16.3 Å². The highest BCUT2D eigenvalue weighted by molar-refractivity contribution is 7.13. The average Bonchev–Trinajstić information content (AvgIpc) is 3.16. The van der Waals surface area contributed by atoms with Crippen molar-refractivity contribution in [2.75, 3.05) is 7.11 Å². The zero-order valence-corrected chi connectivity index (χ0v) is 16.1. The lowest BCUT2D eigenvalue weighted by Gasteiger charge is -2.14. The van der Waals surface area contributed by atoms with E-state index < -0.39 is 12.0 Å². The number of aliphatic carboxylic acids is 1. The zero-order chi connectivity index (χ0) is 19.9. The first-order valence-corrected chi connectivity index (χ1v) is 9.58. The molecule has 7 heteroatoms. The zero-order valence-electron chi connectivity index (χ0n) is 15.3. The minimum Gasteiger partial charge on any atom is -0.497 e. The lowest BCUT2D eigenvalue weighted by molar-refractivity contribution is -0.141. The number of carboxylic acid groups (broad SMARTS) is 1. The molecule has 0 saturated carbocycles. The average molecular weight is 396 g/mol. The Hall–Kier alpha value is -3.19. The van der Waals surface area contributed by atoms with E-state index in [1.165, 1.54) is 11.3 Å². The molecule has 0 aliphatic carbocycles. The Balaban J connectivity index is 1.64. The van der Waals surface area contributed by atoms with Gasteiger partial charge in [0.1, 0.15) is 16.8 Å². The number of amides is 1. The molecule has 144 valence electrons. The molecule has 0 bridgehead atoms. The highest BCUT2D eigenvalue weighted by atomic mass is 32.1. The Kier molecular flexibility index (Phi) is 6.39. The molecule has 28 heavy (non-hydrogen) atoms. The molecule has 0 spiro atoms. The number of benzene rings is 2. The standard InChI is InChI=1S/C21H20N2O4S/c1-27-17-9-5-8-15(11-17)20-22-16(13-28-20)12-19(24)23-18(21(25)26)10-14-6-3-2-4-7-14/h2-9,11,13,18H,10,12H2,1H3,(H,23,24)(H,25,26)/t18-/m0/s1. The van der Waals surface area contributed by atoms with Crippen LogP contribution in [-0.2, 0) is 22.4 Å². The molecule has 0 aliphatic rings. The molecule has 2 aromatic carbocycles. The van der Waals surface area contributed by atoms with E-state index in [1.54, 1.807) is 12.5 Å². The van der Waals surface area contributed by atoms with E-state index in [0.717, 1.165) is 21.9 Å². The van der Waals surface area contributed by atoms with Gasteiger partial charge in [0.25, 0.3) is 0 Å². The van der Waals surface area contributed by atoms with Gasteiger partial charge in [-0.25, -0.2) is 9.78 Å². The Morgan fingerprint density at radius 1 is 1.18 bits per heavy atom. The number of aromatic nitrogens is 1. The molecule has 1 aromatic heterocycles. The molecule has 2 N–H and O–H groups in total. The number of nitrogens with zero attached hydrogens (tertiary/aromatic N) is 1. The van der Waals surface area contributed by atoms with Crippen LogP contribution in [0.15, 0.2) is 60.0 Å². The smallest absolute Gasteiger partial charge is 0.326 e. The van der Waals surface area contributed by atoms with Crippen LogP contribution in [0.25, 0.3) is 10.6 Å². The highest BCUT2D eigenvalue weighted by Crippen LogP contribution is 2.27. The minimum atomic E-state index is -1.06. The molecule has 0 unspecified atom stereocenters. The van der Waals surface area contributed by atoms with Crippen molar-refractivity contribution >= 4 is 23.2 Å². The summed E-state index contributed by atoms with van der Waals surface area (Å²) in [5.74, 6) is -0.699.